The summed E-state index contributed by atoms with van der Waals surface area (Å²) in [6, 6.07) is 5.31. The van der Waals surface area contributed by atoms with Crippen LogP contribution < -0.4 is 16.3 Å². The standard InChI is InChI=1S/C21H26N4O4/c1-24-19-15(13-7-12(8-13)11-29-14-9-22-10-14)3-2-4-16(19)25(21(24)28)17-5-6-18(26)23-20(17)27/h2-4,12-14,17,22H,5-11H2,1H3,(H,23,26,27)/t12-,13+,17?. The minimum absolute atomic E-state index is 0.210. The Morgan fingerprint density at radius 3 is 2.66 bits per heavy atom. The normalized spacial score (nSPS) is 27.6. The smallest absolute Gasteiger partial charge is 0.329 e. The predicted octanol–water partition coefficient (Wildman–Crippen LogP) is 0.800. The van der Waals surface area contributed by atoms with Crippen molar-refractivity contribution >= 4 is 22.8 Å². The predicted molar refractivity (Wildman–Crippen MR) is 107 cm³/mol. The molecule has 2 N–H and O–H groups in total. The summed E-state index contributed by atoms with van der Waals surface area (Å²) in [6.45, 7) is 2.70. The third kappa shape index (κ3) is 3.11. The molecule has 29 heavy (non-hydrogen) atoms. The maximum atomic E-state index is 13.0. The van der Waals surface area contributed by atoms with Gasteiger partial charge in [0.2, 0.25) is 11.8 Å². The summed E-state index contributed by atoms with van der Waals surface area (Å²) in [4.78, 5) is 36.9. The van der Waals surface area contributed by atoms with E-state index in [4.69, 9.17) is 4.74 Å². The Balaban J connectivity index is 1.41. The zero-order chi connectivity index (χ0) is 20.1. The van der Waals surface area contributed by atoms with Gasteiger partial charge in [0.05, 0.1) is 17.1 Å². The summed E-state index contributed by atoms with van der Waals surface area (Å²) in [7, 11) is 1.76. The first-order valence-electron chi connectivity index (χ1n) is 10.4. The quantitative estimate of drug-likeness (QED) is 0.727. The van der Waals surface area contributed by atoms with Crippen LogP contribution in [0.1, 0.15) is 43.2 Å². The number of hydrogen-bond donors (Lipinski definition) is 2. The highest BCUT2D eigenvalue weighted by atomic mass is 16.5. The summed E-state index contributed by atoms with van der Waals surface area (Å²) in [5, 5.41) is 5.58. The molecule has 3 fully saturated rings. The fourth-order valence-electron chi connectivity index (χ4n) is 4.81. The molecule has 3 heterocycles. The molecule has 1 unspecified atom stereocenters. The molecule has 154 valence electrons. The number of aromatic nitrogens is 2. The highest BCUT2D eigenvalue weighted by molar-refractivity contribution is 6.00. The number of nitrogens with zero attached hydrogens (tertiary/aromatic N) is 2. The van der Waals surface area contributed by atoms with E-state index in [1.54, 1.807) is 16.2 Å². The topological polar surface area (TPSA) is 94.4 Å². The number of imidazole rings is 1. The summed E-state index contributed by atoms with van der Waals surface area (Å²) in [5.41, 5.74) is 2.62. The molecule has 8 heteroatoms. The number of ether oxygens (including phenoxy) is 1. The number of nitrogens with one attached hydrogen (secondary N) is 2. The molecule has 1 aromatic heterocycles. The first kappa shape index (κ1) is 18.6. The number of fused-ring (bicyclic) bond motifs is 1. The first-order valence-corrected chi connectivity index (χ1v) is 10.4. The lowest BCUT2D eigenvalue weighted by atomic mass is 9.71. The van der Waals surface area contributed by atoms with Gasteiger partial charge in [-0.25, -0.2) is 4.79 Å². The van der Waals surface area contributed by atoms with Crippen LogP contribution in [-0.4, -0.2) is 46.7 Å². The van der Waals surface area contributed by atoms with Crippen molar-refractivity contribution in [1.29, 1.82) is 0 Å². The molecule has 8 nitrogen and oxygen atoms in total. The van der Waals surface area contributed by atoms with E-state index < -0.39 is 11.9 Å². The number of carbonyl (C=O) groups is 2. The van der Waals surface area contributed by atoms with Crippen molar-refractivity contribution < 1.29 is 14.3 Å². The second-order valence-corrected chi connectivity index (χ2v) is 8.54. The second-order valence-electron chi connectivity index (χ2n) is 8.54. The van der Waals surface area contributed by atoms with Crippen molar-refractivity contribution in [3.63, 3.8) is 0 Å². The van der Waals surface area contributed by atoms with E-state index in [1.165, 1.54) is 0 Å². The van der Waals surface area contributed by atoms with Crippen LogP contribution in [0.4, 0.5) is 0 Å². The molecule has 5 rings (SSSR count). The number of aryl methyl sites for hydroxylation is 1. The van der Waals surface area contributed by atoms with Gasteiger partial charge in [-0.15, -0.1) is 0 Å². The highest BCUT2D eigenvalue weighted by Crippen LogP contribution is 2.44. The fourth-order valence-corrected chi connectivity index (χ4v) is 4.81. The van der Waals surface area contributed by atoms with E-state index >= 15 is 0 Å². The minimum atomic E-state index is -0.641. The van der Waals surface area contributed by atoms with E-state index in [1.807, 2.05) is 12.1 Å². The maximum absolute atomic E-state index is 13.0. The molecule has 1 aromatic carbocycles. The van der Waals surface area contributed by atoms with Gasteiger partial charge in [0.25, 0.3) is 0 Å². The molecule has 1 atom stereocenters. The van der Waals surface area contributed by atoms with Crippen LogP contribution in [0, 0.1) is 5.92 Å². The van der Waals surface area contributed by atoms with Crippen molar-refractivity contribution in [1.82, 2.24) is 19.8 Å². The van der Waals surface area contributed by atoms with Crippen molar-refractivity contribution in [2.24, 2.45) is 13.0 Å². The van der Waals surface area contributed by atoms with Crippen LogP contribution in [0.5, 0.6) is 0 Å². The number of para-hydroxylation sites is 1. The first-order chi connectivity index (χ1) is 14.0. The number of amides is 2. The van der Waals surface area contributed by atoms with E-state index in [0.717, 1.165) is 49.1 Å². The van der Waals surface area contributed by atoms with Crippen molar-refractivity contribution in [3.8, 4) is 0 Å². The van der Waals surface area contributed by atoms with Gasteiger partial charge in [-0.2, -0.15) is 0 Å². The Morgan fingerprint density at radius 2 is 1.97 bits per heavy atom. The van der Waals surface area contributed by atoms with Crippen LogP contribution in [0.3, 0.4) is 0 Å². The fraction of sp³-hybridized carbons (Fsp3) is 0.571. The number of hydrogen-bond acceptors (Lipinski definition) is 5. The van der Waals surface area contributed by atoms with Crippen LogP contribution in [-0.2, 0) is 21.4 Å². The molecule has 0 radical (unpaired) electrons. The Morgan fingerprint density at radius 1 is 1.17 bits per heavy atom. The summed E-state index contributed by atoms with van der Waals surface area (Å²) in [5.74, 6) is 0.286. The minimum Gasteiger partial charge on any atom is -0.375 e. The number of benzene rings is 1. The number of piperidine rings is 1. The number of imide groups is 1. The van der Waals surface area contributed by atoms with Crippen LogP contribution >= 0.6 is 0 Å². The largest absolute Gasteiger partial charge is 0.375 e. The average molecular weight is 398 g/mol. The summed E-state index contributed by atoms with van der Waals surface area (Å²) < 4.78 is 9.12. The molecule has 2 aliphatic heterocycles. The van der Waals surface area contributed by atoms with Crippen molar-refractivity contribution in [2.75, 3.05) is 19.7 Å². The highest BCUT2D eigenvalue weighted by Gasteiger charge is 2.35. The van der Waals surface area contributed by atoms with Gasteiger partial charge in [0.15, 0.2) is 0 Å². The molecule has 2 saturated heterocycles. The van der Waals surface area contributed by atoms with E-state index in [0.29, 0.717) is 24.4 Å². The Bertz CT molecular complexity index is 1030. The molecule has 3 aliphatic rings. The average Bonchev–Trinajstić information content (AvgIpc) is 2.87. The third-order valence-electron chi connectivity index (χ3n) is 6.64. The molecule has 1 aliphatic carbocycles. The van der Waals surface area contributed by atoms with Gasteiger partial charge < -0.3 is 10.1 Å². The van der Waals surface area contributed by atoms with E-state index in [9.17, 15) is 14.4 Å². The molecule has 2 aromatic rings. The van der Waals surface area contributed by atoms with Gasteiger partial charge in [0, 0.05) is 33.2 Å². The van der Waals surface area contributed by atoms with Crippen LogP contribution in [0.15, 0.2) is 23.0 Å². The SMILES string of the molecule is Cn1c(=O)n(C2CCC(=O)NC2=O)c2cccc([C@H]3C[C@@H](COC4CNC4)C3)c21. The molecular weight excluding hydrogens is 372 g/mol. The van der Waals surface area contributed by atoms with Gasteiger partial charge >= 0.3 is 5.69 Å². The summed E-state index contributed by atoms with van der Waals surface area (Å²) >= 11 is 0. The molecule has 0 spiro atoms. The molecule has 0 bridgehead atoms. The zero-order valence-corrected chi connectivity index (χ0v) is 16.5. The van der Waals surface area contributed by atoms with Crippen LogP contribution in [0.25, 0.3) is 11.0 Å². The van der Waals surface area contributed by atoms with Crippen LogP contribution in [0.2, 0.25) is 0 Å². The Kier molecular flexibility index (Phi) is 4.55. The zero-order valence-electron chi connectivity index (χ0n) is 16.5. The molecule has 2 amide bonds. The molecular formula is C21H26N4O4. The van der Waals surface area contributed by atoms with Gasteiger partial charge in [-0.3, -0.25) is 24.0 Å². The lowest BCUT2D eigenvalue weighted by molar-refractivity contribution is -0.135. The lowest BCUT2D eigenvalue weighted by Crippen LogP contribution is -2.49. The Hall–Kier alpha value is -2.45. The monoisotopic (exact) mass is 398 g/mol. The van der Waals surface area contributed by atoms with Crippen molar-refractivity contribution in [3.05, 3.63) is 34.2 Å². The van der Waals surface area contributed by atoms with Gasteiger partial charge in [0.1, 0.15) is 6.04 Å². The van der Waals surface area contributed by atoms with E-state index in [-0.39, 0.29) is 18.0 Å². The van der Waals surface area contributed by atoms with Crippen molar-refractivity contribution in [2.45, 2.75) is 43.7 Å². The molecule has 1 saturated carbocycles. The summed E-state index contributed by atoms with van der Waals surface area (Å²) in [6.07, 6.45) is 3.07. The number of rotatable bonds is 5. The number of carbonyl (C=O) groups excluding carboxylic acids is 2. The van der Waals surface area contributed by atoms with Gasteiger partial charge in [-0.1, -0.05) is 12.1 Å². The van der Waals surface area contributed by atoms with Gasteiger partial charge in [-0.05, 0) is 42.7 Å². The third-order valence-corrected chi connectivity index (χ3v) is 6.64. The lowest BCUT2D eigenvalue weighted by Gasteiger charge is -2.38. The van der Waals surface area contributed by atoms with E-state index in [2.05, 4.69) is 16.7 Å². The second kappa shape index (κ2) is 7.11. The Labute approximate surface area is 168 Å². The maximum Gasteiger partial charge on any atom is 0.329 e.